The van der Waals surface area contributed by atoms with Crippen molar-refractivity contribution in [3.63, 3.8) is 0 Å². The summed E-state index contributed by atoms with van der Waals surface area (Å²) in [7, 11) is 0. The normalized spacial score (nSPS) is 13.2. The zero-order valence-corrected chi connectivity index (χ0v) is 13.0. The van der Waals surface area contributed by atoms with E-state index in [-0.39, 0.29) is 11.9 Å². The number of nitrogens with one attached hydrogen (secondary N) is 1. The Balaban J connectivity index is 1.73. The van der Waals surface area contributed by atoms with Crippen molar-refractivity contribution in [2.45, 2.75) is 45.4 Å². The summed E-state index contributed by atoms with van der Waals surface area (Å²) in [6.07, 6.45) is 4.06. The Hall–Kier alpha value is -2.04. The molecule has 5 heteroatoms. The highest BCUT2D eigenvalue weighted by Crippen LogP contribution is 2.31. The van der Waals surface area contributed by atoms with Crippen LogP contribution >= 0.6 is 0 Å². The lowest BCUT2D eigenvalue weighted by atomic mass is 10.0. The summed E-state index contributed by atoms with van der Waals surface area (Å²) in [5.74, 6) is 0.739. The first-order chi connectivity index (χ1) is 10.7. The topological polar surface area (TPSA) is 64.6 Å². The van der Waals surface area contributed by atoms with Gasteiger partial charge in [0.1, 0.15) is 5.75 Å². The number of unbranched alkanes of at least 4 members (excludes halogenated alkanes) is 1. The molecule has 0 saturated carbocycles. The van der Waals surface area contributed by atoms with Gasteiger partial charge in [0.25, 0.3) is 0 Å². The van der Waals surface area contributed by atoms with E-state index in [4.69, 9.17) is 9.47 Å². The van der Waals surface area contributed by atoms with Gasteiger partial charge < -0.3 is 14.8 Å². The summed E-state index contributed by atoms with van der Waals surface area (Å²) in [4.78, 5) is 22.7. The van der Waals surface area contributed by atoms with Gasteiger partial charge in [0.2, 0.25) is 5.91 Å². The zero-order valence-electron chi connectivity index (χ0n) is 13.0. The molecule has 120 valence electrons. The van der Waals surface area contributed by atoms with Crippen LogP contribution in [0.25, 0.3) is 0 Å². The van der Waals surface area contributed by atoms with Crippen LogP contribution < -0.4 is 10.1 Å². The number of anilines is 1. The predicted octanol–water partition coefficient (Wildman–Crippen LogP) is 3.07. The SMILES string of the molecule is CCCOC(=O)CCCCOc1cccc2c1CCC(=O)N2. The fourth-order valence-electron chi connectivity index (χ4n) is 2.37. The van der Waals surface area contributed by atoms with Gasteiger partial charge in [-0.3, -0.25) is 9.59 Å². The number of carbonyl (C=O) groups excluding carboxylic acids is 2. The summed E-state index contributed by atoms with van der Waals surface area (Å²) >= 11 is 0. The van der Waals surface area contributed by atoms with E-state index in [1.165, 1.54) is 0 Å². The second-order valence-corrected chi connectivity index (χ2v) is 5.36. The maximum absolute atomic E-state index is 11.4. The maximum atomic E-state index is 11.4. The average Bonchev–Trinajstić information content (AvgIpc) is 2.52. The Morgan fingerprint density at radius 2 is 2.09 bits per heavy atom. The van der Waals surface area contributed by atoms with Gasteiger partial charge in [-0.25, -0.2) is 0 Å². The van der Waals surface area contributed by atoms with Crippen LogP contribution in [-0.2, 0) is 20.7 Å². The smallest absolute Gasteiger partial charge is 0.305 e. The highest BCUT2D eigenvalue weighted by atomic mass is 16.5. The molecule has 2 rings (SSSR count). The second kappa shape index (κ2) is 8.41. The van der Waals surface area contributed by atoms with Crippen molar-refractivity contribution in [3.05, 3.63) is 23.8 Å². The molecule has 0 unspecified atom stereocenters. The van der Waals surface area contributed by atoms with E-state index in [2.05, 4.69) is 5.32 Å². The Morgan fingerprint density at radius 3 is 2.91 bits per heavy atom. The number of benzene rings is 1. The molecule has 0 fully saturated rings. The monoisotopic (exact) mass is 305 g/mol. The molecule has 1 aliphatic heterocycles. The third kappa shape index (κ3) is 4.76. The van der Waals surface area contributed by atoms with Gasteiger partial charge in [0.15, 0.2) is 0 Å². The number of esters is 1. The summed E-state index contributed by atoms with van der Waals surface area (Å²) in [5, 5.41) is 2.86. The quantitative estimate of drug-likeness (QED) is 0.592. The molecule has 1 aliphatic rings. The third-order valence-corrected chi connectivity index (χ3v) is 3.51. The van der Waals surface area contributed by atoms with Crippen molar-refractivity contribution in [2.75, 3.05) is 18.5 Å². The van der Waals surface area contributed by atoms with Crippen LogP contribution in [0.2, 0.25) is 0 Å². The Morgan fingerprint density at radius 1 is 1.23 bits per heavy atom. The second-order valence-electron chi connectivity index (χ2n) is 5.36. The zero-order chi connectivity index (χ0) is 15.8. The molecular weight excluding hydrogens is 282 g/mol. The molecule has 22 heavy (non-hydrogen) atoms. The van der Waals surface area contributed by atoms with Gasteiger partial charge in [-0.1, -0.05) is 13.0 Å². The summed E-state index contributed by atoms with van der Waals surface area (Å²) in [6, 6.07) is 5.69. The number of amides is 1. The van der Waals surface area contributed by atoms with Crippen LogP contribution in [0.15, 0.2) is 18.2 Å². The summed E-state index contributed by atoms with van der Waals surface area (Å²) in [5.41, 5.74) is 1.90. The summed E-state index contributed by atoms with van der Waals surface area (Å²) < 4.78 is 10.8. The van der Waals surface area contributed by atoms with Crippen LogP contribution in [-0.4, -0.2) is 25.1 Å². The minimum absolute atomic E-state index is 0.0511. The van der Waals surface area contributed by atoms with E-state index in [1.54, 1.807) is 0 Å². The molecule has 1 heterocycles. The highest BCUT2D eigenvalue weighted by molar-refractivity contribution is 5.94. The van der Waals surface area contributed by atoms with E-state index < -0.39 is 0 Å². The van der Waals surface area contributed by atoms with Crippen molar-refractivity contribution >= 4 is 17.6 Å². The third-order valence-electron chi connectivity index (χ3n) is 3.51. The molecule has 1 aromatic carbocycles. The van der Waals surface area contributed by atoms with Crippen molar-refractivity contribution < 1.29 is 19.1 Å². The molecule has 1 amide bonds. The molecule has 0 spiro atoms. The van der Waals surface area contributed by atoms with E-state index in [9.17, 15) is 9.59 Å². The molecular formula is C17H23NO4. The van der Waals surface area contributed by atoms with E-state index >= 15 is 0 Å². The van der Waals surface area contributed by atoms with Gasteiger partial charge in [-0.2, -0.15) is 0 Å². The lowest BCUT2D eigenvalue weighted by molar-refractivity contribution is -0.143. The molecule has 5 nitrogen and oxygen atoms in total. The number of hydrogen-bond donors (Lipinski definition) is 1. The first-order valence-electron chi connectivity index (χ1n) is 7.91. The fourth-order valence-corrected chi connectivity index (χ4v) is 2.37. The fraction of sp³-hybridized carbons (Fsp3) is 0.529. The number of carbonyl (C=O) groups is 2. The highest BCUT2D eigenvalue weighted by Gasteiger charge is 2.18. The molecule has 1 N–H and O–H groups in total. The molecule has 1 aromatic rings. The van der Waals surface area contributed by atoms with E-state index in [0.717, 1.165) is 36.3 Å². The number of hydrogen-bond acceptors (Lipinski definition) is 4. The Labute approximate surface area is 131 Å². The molecule has 0 aliphatic carbocycles. The van der Waals surface area contributed by atoms with Crippen LogP contribution in [0.4, 0.5) is 5.69 Å². The van der Waals surface area contributed by atoms with Gasteiger partial charge in [0.05, 0.1) is 13.2 Å². The first-order valence-corrected chi connectivity index (χ1v) is 7.91. The average molecular weight is 305 g/mol. The van der Waals surface area contributed by atoms with Crippen LogP contribution in [0.5, 0.6) is 5.75 Å². The van der Waals surface area contributed by atoms with Gasteiger partial charge in [-0.05, 0) is 37.8 Å². The van der Waals surface area contributed by atoms with Crippen molar-refractivity contribution in [1.82, 2.24) is 0 Å². The van der Waals surface area contributed by atoms with E-state index in [0.29, 0.717) is 32.5 Å². The predicted molar refractivity (Wildman–Crippen MR) is 84.0 cm³/mol. The van der Waals surface area contributed by atoms with Crippen molar-refractivity contribution in [3.8, 4) is 5.75 Å². The van der Waals surface area contributed by atoms with Crippen molar-refractivity contribution in [1.29, 1.82) is 0 Å². The van der Waals surface area contributed by atoms with Gasteiger partial charge >= 0.3 is 5.97 Å². The molecule has 0 aromatic heterocycles. The molecule has 0 bridgehead atoms. The molecule has 0 saturated heterocycles. The number of ether oxygens (including phenoxy) is 2. The van der Waals surface area contributed by atoms with E-state index in [1.807, 2.05) is 25.1 Å². The van der Waals surface area contributed by atoms with Crippen LogP contribution in [0, 0.1) is 0 Å². The minimum Gasteiger partial charge on any atom is -0.493 e. The molecule has 0 radical (unpaired) electrons. The van der Waals surface area contributed by atoms with Crippen molar-refractivity contribution in [2.24, 2.45) is 0 Å². The Bertz CT molecular complexity index is 527. The maximum Gasteiger partial charge on any atom is 0.305 e. The van der Waals surface area contributed by atoms with Gasteiger partial charge in [0, 0.05) is 24.1 Å². The Kier molecular flexibility index (Phi) is 6.25. The molecule has 0 atom stereocenters. The minimum atomic E-state index is -0.137. The number of fused-ring (bicyclic) bond motifs is 1. The van der Waals surface area contributed by atoms with Gasteiger partial charge in [-0.15, -0.1) is 0 Å². The van der Waals surface area contributed by atoms with Crippen LogP contribution in [0.3, 0.4) is 0 Å². The van der Waals surface area contributed by atoms with Crippen LogP contribution in [0.1, 0.15) is 44.6 Å². The largest absolute Gasteiger partial charge is 0.493 e. The summed E-state index contributed by atoms with van der Waals surface area (Å²) in [6.45, 7) is 3.03. The standard InChI is InChI=1S/C17H23NO4/c1-2-11-22-17(20)8-3-4-12-21-15-7-5-6-14-13(15)9-10-16(19)18-14/h5-7H,2-4,8-12H2,1H3,(H,18,19). The lowest BCUT2D eigenvalue weighted by Gasteiger charge is -2.20. The number of rotatable bonds is 8. The lowest BCUT2D eigenvalue weighted by Crippen LogP contribution is -2.19. The first kappa shape index (κ1) is 16.3.